The van der Waals surface area contributed by atoms with Gasteiger partial charge in [0.25, 0.3) is 0 Å². The Morgan fingerprint density at radius 3 is 2.18 bits per heavy atom. The lowest BCUT2D eigenvalue weighted by molar-refractivity contribution is 0.254. The van der Waals surface area contributed by atoms with Gasteiger partial charge in [0.2, 0.25) is 0 Å². The number of nitrogens with zero attached hydrogens (tertiary/aromatic N) is 1. The molecule has 3 nitrogen and oxygen atoms in total. The minimum atomic E-state index is -0.0464. The van der Waals surface area contributed by atoms with Gasteiger partial charge in [0.15, 0.2) is 0 Å². The lowest BCUT2D eigenvalue weighted by atomic mass is 9.80. The number of benzene rings is 3. The Hall–Kier alpha value is -5.28. The first-order chi connectivity index (χ1) is 28.2. The molecule has 3 aromatic carbocycles. The number of fused-ring (bicyclic) bond motifs is 1. The molecule has 0 radical (unpaired) electrons. The number of ether oxygens (including phenoxy) is 1. The molecule has 57 heavy (non-hydrogen) atoms. The molecule has 9 rings (SSSR count). The molecular formula is C54H58N2O. The topological polar surface area (TPSA) is 38.5 Å². The van der Waals surface area contributed by atoms with Crippen LogP contribution in [0.5, 0.6) is 5.75 Å². The van der Waals surface area contributed by atoms with Gasteiger partial charge in [0, 0.05) is 23.8 Å². The summed E-state index contributed by atoms with van der Waals surface area (Å²) in [6, 6.07) is 21.3. The smallest absolute Gasteiger partial charge is 0.144 e. The van der Waals surface area contributed by atoms with Gasteiger partial charge >= 0.3 is 0 Å². The summed E-state index contributed by atoms with van der Waals surface area (Å²) in [5.74, 6) is 1.55. The first-order valence-electron chi connectivity index (χ1n) is 21.9. The molecular weight excluding hydrogens is 693 g/mol. The van der Waals surface area contributed by atoms with Crippen molar-refractivity contribution in [3.05, 3.63) is 173 Å². The molecule has 6 aliphatic rings. The number of rotatable bonds is 9. The van der Waals surface area contributed by atoms with Crippen LogP contribution in [0.4, 0.5) is 11.4 Å². The normalized spacial score (nSPS) is 24.7. The first kappa shape index (κ1) is 37.3. The van der Waals surface area contributed by atoms with Crippen LogP contribution in [-0.4, -0.2) is 12.1 Å². The maximum Gasteiger partial charge on any atom is 0.144 e. The minimum absolute atomic E-state index is 0.0464. The SMILES string of the molecule is Nc1c(OC2/C=C/C=C\C=C/C2)cc(-c2ccc(-c3ccc(N(C4=CC(C5=CCCC=C5)=CCC4)C4CC=C(C5CC=CCC5)CC4)cc3)cc2)c2c1CCCC2. The molecule has 0 bridgehead atoms. The fourth-order valence-corrected chi connectivity index (χ4v) is 9.99. The summed E-state index contributed by atoms with van der Waals surface area (Å²) < 4.78 is 6.61. The van der Waals surface area contributed by atoms with Crippen molar-refractivity contribution in [3.8, 4) is 28.0 Å². The number of allylic oxidation sites excluding steroid dienone is 15. The second kappa shape index (κ2) is 17.5. The number of nitrogens with two attached hydrogens (primary N) is 1. The van der Waals surface area contributed by atoms with Crippen LogP contribution in [0, 0.1) is 5.92 Å². The molecule has 0 saturated heterocycles. The van der Waals surface area contributed by atoms with Crippen LogP contribution in [-0.2, 0) is 12.8 Å². The standard InChI is InChI=1S/C54H58N2O/c55-54-51-24-13-12-23-50(51)52(38-53(54)57-49-21-10-2-1-3-11-22-49)44-27-25-41(26-28-44)43-31-35-47(36-32-43)56(46-33-29-42(30-34-46)39-15-6-4-7-16-39)48-20-14-19-45(37-48)40-17-8-5-9-18-40/h1-4,6,8,10-11,17-19,21,25-29,31-32,35-39,46,49H,5,7,9,12-16,20,22-24,30,33-34,55H2/b2-1-,11-3-,21-10+. The molecule has 0 saturated carbocycles. The highest BCUT2D eigenvalue weighted by molar-refractivity contribution is 5.79. The van der Waals surface area contributed by atoms with E-state index in [4.69, 9.17) is 10.5 Å². The van der Waals surface area contributed by atoms with Crippen LogP contribution in [0.2, 0.25) is 0 Å². The quantitative estimate of drug-likeness (QED) is 0.175. The van der Waals surface area contributed by atoms with E-state index in [1.807, 2.05) is 6.08 Å². The molecule has 290 valence electrons. The van der Waals surface area contributed by atoms with Gasteiger partial charge < -0.3 is 15.4 Å². The maximum atomic E-state index is 6.84. The molecule has 0 heterocycles. The van der Waals surface area contributed by atoms with Crippen LogP contribution in [0.15, 0.2) is 162 Å². The van der Waals surface area contributed by atoms with Gasteiger partial charge in [-0.25, -0.2) is 0 Å². The Bertz CT molecular complexity index is 2220. The van der Waals surface area contributed by atoms with E-state index in [-0.39, 0.29) is 6.10 Å². The second-order valence-corrected chi connectivity index (χ2v) is 16.7. The highest BCUT2D eigenvalue weighted by atomic mass is 16.5. The van der Waals surface area contributed by atoms with Gasteiger partial charge in [-0.3, -0.25) is 0 Å². The van der Waals surface area contributed by atoms with Gasteiger partial charge in [0.1, 0.15) is 11.9 Å². The third-order valence-electron chi connectivity index (χ3n) is 13.1. The molecule has 3 unspecified atom stereocenters. The van der Waals surface area contributed by atoms with Crippen LogP contribution >= 0.6 is 0 Å². The van der Waals surface area contributed by atoms with Crippen molar-refractivity contribution in [2.75, 3.05) is 10.6 Å². The fraction of sp³-hybridized carbons (Fsp3) is 0.333. The monoisotopic (exact) mass is 750 g/mol. The Morgan fingerprint density at radius 1 is 0.614 bits per heavy atom. The lowest BCUT2D eigenvalue weighted by Crippen LogP contribution is -2.36. The summed E-state index contributed by atoms with van der Waals surface area (Å²) in [7, 11) is 0. The number of anilines is 2. The second-order valence-electron chi connectivity index (χ2n) is 16.7. The molecule has 3 heteroatoms. The zero-order chi connectivity index (χ0) is 38.4. The molecule has 0 spiro atoms. The predicted octanol–water partition coefficient (Wildman–Crippen LogP) is 13.8. The van der Waals surface area contributed by atoms with Gasteiger partial charge in [-0.2, -0.15) is 0 Å². The largest absolute Gasteiger partial charge is 0.484 e. The molecule has 3 aromatic rings. The summed E-state index contributed by atoms with van der Waals surface area (Å²) in [6.07, 6.45) is 48.9. The van der Waals surface area contributed by atoms with Crippen molar-refractivity contribution in [3.63, 3.8) is 0 Å². The van der Waals surface area contributed by atoms with E-state index >= 15 is 0 Å². The van der Waals surface area contributed by atoms with Gasteiger partial charge in [0.05, 0.1) is 5.69 Å². The van der Waals surface area contributed by atoms with Crippen molar-refractivity contribution >= 4 is 11.4 Å². The number of hydrogen-bond donors (Lipinski definition) is 1. The third-order valence-corrected chi connectivity index (χ3v) is 13.1. The molecule has 0 fully saturated rings. The molecule has 0 aliphatic heterocycles. The summed E-state index contributed by atoms with van der Waals surface area (Å²) in [6.45, 7) is 0. The highest BCUT2D eigenvalue weighted by Crippen LogP contribution is 2.43. The predicted molar refractivity (Wildman–Crippen MR) is 241 cm³/mol. The van der Waals surface area contributed by atoms with Crippen molar-refractivity contribution in [1.82, 2.24) is 0 Å². The van der Waals surface area contributed by atoms with Crippen molar-refractivity contribution in [2.45, 2.75) is 108 Å². The summed E-state index contributed by atoms with van der Waals surface area (Å²) >= 11 is 0. The zero-order valence-electron chi connectivity index (χ0n) is 33.6. The van der Waals surface area contributed by atoms with Gasteiger partial charge in [-0.1, -0.05) is 115 Å². The fourth-order valence-electron chi connectivity index (χ4n) is 9.99. The van der Waals surface area contributed by atoms with E-state index in [0.717, 1.165) is 68.7 Å². The molecule has 2 N–H and O–H groups in total. The maximum absolute atomic E-state index is 6.84. The van der Waals surface area contributed by atoms with Crippen LogP contribution in [0.1, 0.15) is 94.6 Å². The lowest BCUT2D eigenvalue weighted by Gasteiger charge is -2.39. The minimum Gasteiger partial charge on any atom is -0.484 e. The van der Waals surface area contributed by atoms with Crippen LogP contribution in [0.25, 0.3) is 22.3 Å². The molecule has 3 atom stereocenters. The molecule has 0 amide bonds. The Morgan fingerprint density at radius 2 is 1.40 bits per heavy atom. The summed E-state index contributed by atoms with van der Waals surface area (Å²) in [5.41, 5.74) is 22.6. The summed E-state index contributed by atoms with van der Waals surface area (Å²) in [4.78, 5) is 2.71. The van der Waals surface area contributed by atoms with Crippen LogP contribution in [0.3, 0.4) is 0 Å². The van der Waals surface area contributed by atoms with Gasteiger partial charge in [-0.15, -0.1) is 0 Å². The number of nitrogen functional groups attached to an aromatic ring is 1. The average Bonchev–Trinajstić information content (AvgIpc) is 3.27. The Labute approximate surface area is 341 Å². The van der Waals surface area contributed by atoms with E-state index in [1.54, 1.807) is 5.57 Å². The van der Waals surface area contributed by atoms with E-state index in [9.17, 15) is 0 Å². The average molecular weight is 751 g/mol. The van der Waals surface area contributed by atoms with Gasteiger partial charge in [-0.05, 0) is 171 Å². The number of hydrogen-bond acceptors (Lipinski definition) is 3. The highest BCUT2D eigenvalue weighted by Gasteiger charge is 2.28. The third kappa shape index (κ3) is 8.40. The van der Waals surface area contributed by atoms with E-state index in [0.29, 0.717) is 6.04 Å². The zero-order valence-corrected chi connectivity index (χ0v) is 33.6. The van der Waals surface area contributed by atoms with Crippen LogP contribution < -0.4 is 15.4 Å². The summed E-state index contributed by atoms with van der Waals surface area (Å²) in [5, 5.41) is 0. The van der Waals surface area contributed by atoms with E-state index in [1.165, 1.54) is 101 Å². The molecule has 6 aliphatic carbocycles. The van der Waals surface area contributed by atoms with Crippen molar-refractivity contribution < 1.29 is 4.74 Å². The molecule has 0 aromatic heterocycles. The first-order valence-corrected chi connectivity index (χ1v) is 21.9. The Balaban J connectivity index is 0.986. The van der Waals surface area contributed by atoms with Crippen molar-refractivity contribution in [2.24, 2.45) is 5.92 Å². The van der Waals surface area contributed by atoms with E-state index in [2.05, 4.69) is 138 Å². The van der Waals surface area contributed by atoms with E-state index < -0.39 is 0 Å². The Kier molecular flexibility index (Phi) is 11.4. The van der Waals surface area contributed by atoms with Crippen molar-refractivity contribution in [1.29, 1.82) is 0 Å².